The van der Waals surface area contributed by atoms with Gasteiger partial charge in [-0.2, -0.15) is 11.8 Å². The molecule has 1 fully saturated rings. The first-order valence-corrected chi connectivity index (χ1v) is 8.90. The Balaban J connectivity index is 1.82. The number of hydrogen-bond acceptors (Lipinski definition) is 5. The largest absolute Gasteiger partial charge is 0.301 e. The molecular weight excluding hydrogens is 278 g/mol. The van der Waals surface area contributed by atoms with Crippen LogP contribution >= 0.6 is 23.1 Å². The molecule has 1 aliphatic rings. The molecule has 19 heavy (non-hydrogen) atoms. The molecule has 106 valence electrons. The fourth-order valence-corrected chi connectivity index (χ4v) is 3.22. The lowest BCUT2D eigenvalue weighted by Gasteiger charge is -2.29. The zero-order valence-electron chi connectivity index (χ0n) is 11.5. The molecule has 6 heteroatoms. The van der Waals surface area contributed by atoms with Crippen LogP contribution in [0.1, 0.15) is 25.5 Å². The van der Waals surface area contributed by atoms with Gasteiger partial charge >= 0.3 is 0 Å². The van der Waals surface area contributed by atoms with Crippen LogP contribution in [0.3, 0.4) is 0 Å². The molecule has 1 aromatic heterocycles. The lowest BCUT2D eigenvalue weighted by Crippen LogP contribution is -2.32. The van der Waals surface area contributed by atoms with Crippen molar-refractivity contribution >= 4 is 34.1 Å². The van der Waals surface area contributed by atoms with E-state index in [1.165, 1.54) is 35.9 Å². The van der Waals surface area contributed by atoms with Gasteiger partial charge in [-0.3, -0.25) is 9.69 Å². The van der Waals surface area contributed by atoms with Gasteiger partial charge < -0.3 is 5.32 Å². The Kier molecular flexibility index (Phi) is 5.66. The molecule has 2 heterocycles. The van der Waals surface area contributed by atoms with Crippen LogP contribution in [0.5, 0.6) is 0 Å². The van der Waals surface area contributed by atoms with E-state index in [0.29, 0.717) is 5.75 Å². The molecule has 0 spiro atoms. The number of carbonyl (C=O) groups excluding carboxylic acids is 1. The molecule has 1 amide bonds. The second kappa shape index (κ2) is 7.26. The number of anilines is 1. The predicted molar refractivity (Wildman–Crippen MR) is 82.8 cm³/mol. The summed E-state index contributed by atoms with van der Waals surface area (Å²) in [6, 6.07) is 0. The first-order valence-electron chi connectivity index (χ1n) is 6.63. The van der Waals surface area contributed by atoms with E-state index < -0.39 is 0 Å². The van der Waals surface area contributed by atoms with Crippen molar-refractivity contribution in [3.63, 3.8) is 0 Å². The average molecular weight is 299 g/mol. The van der Waals surface area contributed by atoms with E-state index in [-0.39, 0.29) is 5.91 Å². The lowest BCUT2D eigenvalue weighted by atomic mass is 9.99. The Bertz CT molecular complexity index is 414. The van der Waals surface area contributed by atoms with Crippen LogP contribution in [0.2, 0.25) is 0 Å². The zero-order chi connectivity index (χ0) is 13.7. The minimum atomic E-state index is 0.0280. The number of nitrogens with zero attached hydrogens (tertiary/aromatic N) is 2. The molecule has 1 aromatic rings. The summed E-state index contributed by atoms with van der Waals surface area (Å²) in [6.07, 6.45) is 4.48. The third-order valence-corrected chi connectivity index (χ3v) is 4.69. The SMILES string of the molecule is CSCC(=O)Nc1nc(CN2CCC(C)CC2)cs1. The Morgan fingerprint density at radius 1 is 1.58 bits per heavy atom. The second-order valence-electron chi connectivity index (χ2n) is 5.08. The summed E-state index contributed by atoms with van der Waals surface area (Å²) in [6.45, 7) is 5.54. The molecule has 0 aliphatic carbocycles. The van der Waals surface area contributed by atoms with Crippen LogP contribution in [0, 0.1) is 5.92 Å². The molecule has 2 rings (SSSR count). The van der Waals surface area contributed by atoms with Crippen LogP contribution in [0.15, 0.2) is 5.38 Å². The quantitative estimate of drug-likeness (QED) is 0.908. The summed E-state index contributed by atoms with van der Waals surface area (Å²) in [5.41, 5.74) is 1.07. The molecule has 0 unspecified atom stereocenters. The van der Waals surface area contributed by atoms with Crippen molar-refractivity contribution in [1.29, 1.82) is 0 Å². The van der Waals surface area contributed by atoms with Crippen molar-refractivity contribution in [2.24, 2.45) is 5.92 Å². The number of aromatic nitrogens is 1. The first kappa shape index (κ1) is 14.8. The molecule has 0 aromatic carbocycles. The number of hydrogen-bond donors (Lipinski definition) is 1. The van der Waals surface area contributed by atoms with Crippen LogP contribution in [0.25, 0.3) is 0 Å². The van der Waals surface area contributed by atoms with Gasteiger partial charge in [0.05, 0.1) is 11.4 Å². The van der Waals surface area contributed by atoms with Gasteiger partial charge in [0.1, 0.15) is 0 Å². The van der Waals surface area contributed by atoms with Gasteiger partial charge in [0, 0.05) is 11.9 Å². The number of nitrogens with one attached hydrogen (secondary N) is 1. The van der Waals surface area contributed by atoms with Gasteiger partial charge in [-0.1, -0.05) is 6.92 Å². The van der Waals surface area contributed by atoms with Gasteiger partial charge in [-0.15, -0.1) is 11.3 Å². The minimum absolute atomic E-state index is 0.0280. The summed E-state index contributed by atoms with van der Waals surface area (Å²) in [4.78, 5) is 18.4. The number of thiazole rings is 1. The highest BCUT2D eigenvalue weighted by Crippen LogP contribution is 2.21. The van der Waals surface area contributed by atoms with E-state index in [0.717, 1.165) is 36.4 Å². The van der Waals surface area contributed by atoms with E-state index in [1.807, 2.05) is 11.6 Å². The third kappa shape index (κ3) is 4.78. The van der Waals surface area contributed by atoms with Crippen LogP contribution < -0.4 is 5.32 Å². The van der Waals surface area contributed by atoms with E-state index >= 15 is 0 Å². The highest BCUT2D eigenvalue weighted by Gasteiger charge is 2.16. The predicted octanol–water partition coefficient (Wildman–Crippen LogP) is 2.68. The molecule has 0 radical (unpaired) electrons. The topological polar surface area (TPSA) is 45.2 Å². The molecular formula is C13H21N3OS2. The molecule has 4 nitrogen and oxygen atoms in total. The Morgan fingerprint density at radius 3 is 3.00 bits per heavy atom. The van der Waals surface area contributed by atoms with Crippen LogP contribution in [-0.2, 0) is 11.3 Å². The van der Waals surface area contributed by atoms with Gasteiger partial charge in [-0.25, -0.2) is 4.98 Å². The van der Waals surface area contributed by atoms with Crippen molar-refractivity contribution in [3.8, 4) is 0 Å². The van der Waals surface area contributed by atoms with E-state index in [1.54, 1.807) is 0 Å². The molecule has 1 saturated heterocycles. The highest BCUT2D eigenvalue weighted by atomic mass is 32.2. The van der Waals surface area contributed by atoms with Crippen LogP contribution in [-0.4, -0.2) is 40.9 Å². The fraction of sp³-hybridized carbons (Fsp3) is 0.692. The van der Waals surface area contributed by atoms with Gasteiger partial charge in [0.2, 0.25) is 5.91 Å². The summed E-state index contributed by atoms with van der Waals surface area (Å²) < 4.78 is 0. The van der Waals surface area contributed by atoms with E-state index in [4.69, 9.17) is 0 Å². The maximum absolute atomic E-state index is 11.5. The van der Waals surface area contributed by atoms with Crippen molar-refractivity contribution in [3.05, 3.63) is 11.1 Å². The average Bonchev–Trinajstić information content (AvgIpc) is 2.80. The fourth-order valence-electron chi connectivity index (χ4n) is 2.17. The van der Waals surface area contributed by atoms with E-state index in [9.17, 15) is 4.79 Å². The standard InChI is InChI=1S/C13H21N3OS2/c1-10-3-5-16(6-4-10)7-11-8-19-13(14-11)15-12(17)9-18-2/h8,10H,3-7,9H2,1-2H3,(H,14,15,17). The van der Waals surface area contributed by atoms with Crippen molar-refractivity contribution < 1.29 is 4.79 Å². The van der Waals surface area contributed by atoms with E-state index in [2.05, 4.69) is 22.1 Å². The maximum atomic E-state index is 11.5. The maximum Gasteiger partial charge on any atom is 0.236 e. The Morgan fingerprint density at radius 2 is 2.32 bits per heavy atom. The summed E-state index contributed by atoms with van der Waals surface area (Å²) >= 11 is 3.03. The zero-order valence-corrected chi connectivity index (χ0v) is 13.1. The molecule has 0 saturated carbocycles. The van der Waals surface area contributed by atoms with Crippen molar-refractivity contribution in [1.82, 2.24) is 9.88 Å². The molecule has 0 bridgehead atoms. The van der Waals surface area contributed by atoms with Crippen LogP contribution in [0.4, 0.5) is 5.13 Å². The number of thioether (sulfide) groups is 1. The molecule has 1 aliphatic heterocycles. The van der Waals surface area contributed by atoms with Crippen molar-refractivity contribution in [2.75, 3.05) is 30.4 Å². The van der Waals surface area contributed by atoms with Gasteiger partial charge in [0.25, 0.3) is 0 Å². The lowest BCUT2D eigenvalue weighted by molar-refractivity contribution is -0.113. The number of likely N-dealkylation sites (tertiary alicyclic amines) is 1. The second-order valence-corrected chi connectivity index (χ2v) is 6.81. The normalized spacial score (nSPS) is 17.6. The van der Waals surface area contributed by atoms with Gasteiger partial charge in [-0.05, 0) is 38.1 Å². The smallest absolute Gasteiger partial charge is 0.236 e. The Labute approximate surface area is 123 Å². The molecule has 0 atom stereocenters. The summed E-state index contributed by atoms with van der Waals surface area (Å²) in [5.74, 6) is 1.37. The van der Waals surface area contributed by atoms with Crippen molar-refractivity contribution in [2.45, 2.75) is 26.3 Å². The summed E-state index contributed by atoms with van der Waals surface area (Å²) in [5, 5.41) is 5.61. The number of carbonyl (C=O) groups is 1. The number of piperidine rings is 1. The minimum Gasteiger partial charge on any atom is -0.301 e. The monoisotopic (exact) mass is 299 g/mol. The highest BCUT2D eigenvalue weighted by molar-refractivity contribution is 7.99. The first-order chi connectivity index (χ1) is 9.17. The van der Waals surface area contributed by atoms with Gasteiger partial charge in [0.15, 0.2) is 5.13 Å². The molecule has 1 N–H and O–H groups in total. The Hall–Kier alpha value is -0.590. The number of rotatable bonds is 5. The third-order valence-electron chi connectivity index (χ3n) is 3.34. The number of amides is 1. The summed E-state index contributed by atoms with van der Waals surface area (Å²) in [7, 11) is 0.